The average molecular weight is 343 g/mol. The van der Waals surface area contributed by atoms with Crippen LogP contribution in [-0.4, -0.2) is 31.8 Å². The lowest BCUT2D eigenvalue weighted by Gasteiger charge is -2.55. The molecule has 4 heteroatoms. The Kier molecular flexibility index (Phi) is 4.98. The summed E-state index contributed by atoms with van der Waals surface area (Å²) in [6, 6.07) is 8.71. The summed E-state index contributed by atoms with van der Waals surface area (Å²) in [5.41, 5.74) is 1.34. The minimum Gasteiger partial charge on any atom is -0.497 e. The van der Waals surface area contributed by atoms with Crippen LogP contribution in [0, 0.1) is 11.8 Å². The molecule has 0 unspecified atom stereocenters. The molecule has 3 aliphatic rings. The molecule has 2 saturated carbocycles. The third kappa shape index (κ3) is 3.41. The van der Waals surface area contributed by atoms with Gasteiger partial charge in [-0.05, 0) is 55.2 Å². The Morgan fingerprint density at radius 2 is 1.88 bits per heavy atom. The number of carbonyl (C=O) groups is 1. The number of methoxy groups -OCH3 is 1. The number of hydrogen-bond acceptors (Lipinski definition) is 3. The molecule has 1 aliphatic heterocycles. The SMILES string of the molecule is COc1ccc([C@H]2[C@@H]3CCCC[C@H]3[C@@H]2NC(=O)C[C@@H]2CCCO2)cc1. The second kappa shape index (κ2) is 7.36. The standard InChI is InChI=1S/C21H29NO3/c1-24-15-10-8-14(9-11-15)20-17-6-2-3-7-18(17)21(20)22-19(23)13-16-5-4-12-25-16/h8-11,16-18,20-21H,2-7,12-13H2,1H3,(H,22,23)/t16-,17+,18+,20-,21-/m0/s1. The zero-order valence-corrected chi connectivity index (χ0v) is 15.1. The van der Waals surface area contributed by atoms with E-state index in [4.69, 9.17) is 9.47 Å². The van der Waals surface area contributed by atoms with Crippen LogP contribution in [0.3, 0.4) is 0 Å². The first kappa shape index (κ1) is 16.9. The van der Waals surface area contributed by atoms with Crippen molar-refractivity contribution in [3.05, 3.63) is 29.8 Å². The van der Waals surface area contributed by atoms with Crippen molar-refractivity contribution in [1.29, 1.82) is 0 Å². The van der Waals surface area contributed by atoms with Gasteiger partial charge < -0.3 is 14.8 Å². The topological polar surface area (TPSA) is 47.6 Å². The molecule has 1 N–H and O–H groups in total. The van der Waals surface area contributed by atoms with E-state index in [0.717, 1.165) is 31.1 Å². The highest BCUT2D eigenvalue weighted by Gasteiger charge is 2.51. The van der Waals surface area contributed by atoms with Crippen molar-refractivity contribution in [3.63, 3.8) is 0 Å². The maximum absolute atomic E-state index is 12.5. The van der Waals surface area contributed by atoms with Crippen LogP contribution in [0.4, 0.5) is 0 Å². The average Bonchev–Trinajstić information content (AvgIpc) is 3.14. The molecule has 1 aromatic rings. The smallest absolute Gasteiger partial charge is 0.222 e. The Morgan fingerprint density at radius 1 is 1.12 bits per heavy atom. The van der Waals surface area contributed by atoms with E-state index >= 15 is 0 Å². The Morgan fingerprint density at radius 3 is 2.56 bits per heavy atom. The van der Waals surface area contributed by atoms with E-state index in [2.05, 4.69) is 17.4 Å². The van der Waals surface area contributed by atoms with Crippen LogP contribution in [-0.2, 0) is 9.53 Å². The summed E-state index contributed by atoms with van der Waals surface area (Å²) in [5.74, 6) is 2.87. The molecule has 4 rings (SSSR count). The molecule has 4 nitrogen and oxygen atoms in total. The van der Waals surface area contributed by atoms with Crippen molar-refractivity contribution >= 4 is 5.91 Å². The van der Waals surface area contributed by atoms with Crippen molar-refractivity contribution < 1.29 is 14.3 Å². The van der Waals surface area contributed by atoms with Crippen LogP contribution >= 0.6 is 0 Å². The Hall–Kier alpha value is -1.55. The van der Waals surface area contributed by atoms with Crippen LogP contribution in [0.5, 0.6) is 5.75 Å². The third-order valence-corrected chi connectivity index (χ3v) is 6.45. The summed E-state index contributed by atoms with van der Waals surface area (Å²) < 4.78 is 10.9. The van der Waals surface area contributed by atoms with Gasteiger partial charge in [0.1, 0.15) is 5.75 Å². The molecule has 136 valence electrons. The molecule has 1 heterocycles. The van der Waals surface area contributed by atoms with Crippen LogP contribution in [0.2, 0.25) is 0 Å². The van der Waals surface area contributed by atoms with E-state index in [1.165, 1.54) is 31.2 Å². The van der Waals surface area contributed by atoms with E-state index in [1.807, 2.05) is 12.1 Å². The lowest BCUT2D eigenvalue weighted by molar-refractivity contribution is -0.127. The molecular weight excluding hydrogens is 314 g/mol. The number of hydrogen-bond donors (Lipinski definition) is 1. The molecule has 0 aromatic heterocycles. The molecule has 1 aromatic carbocycles. The first-order valence-corrected chi connectivity index (χ1v) is 9.81. The monoisotopic (exact) mass is 343 g/mol. The van der Waals surface area contributed by atoms with Gasteiger partial charge in [0.2, 0.25) is 5.91 Å². The largest absolute Gasteiger partial charge is 0.497 e. The number of rotatable bonds is 5. The fraction of sp³-hybridized carbons (Fsp3) is 0.667. The molecular formula is C21H29NO3. The van der Waals surface area contributed by atoms with Gasteiger partial charge in [-0.2, -0.15) is 0 Å². The maximum atomic E-state index is 12.5. The second-order valence-electron chi connectivity index (χ2n) is 7.84. The molecule has 5 atom stereocenters. The minimum absolute atomic E-state index is 0.127. The number of amides is 1. The van der Waals surface area contributed by atoms with Crippen molar-refractivity contribution in [2.45, 2.75) is 63.0 Å². The molecule has 2 aliphatic carbocycles. The van der Waals surface area contributed by atoms with Gasteiger partial charge in [-0.25, -0.2) is 0 Å². The number of nitrogens with one attached hydrogen (secondary N) is 1. The predicted octanol–water partition coefficient (Wildman–Crippen LogP) is 3.65. The van der Waals surface area contributed by atoms with Gasteiger partial charge in [-0.3, -0.25) is 4.79 Å². The van der Waals surface area contributed by atoms with Gasteiger partial charge in [-0.1, -0.05) is 25.0 Å². The van der Waals surface area contributed by atoms with Gasteiger partial charge in [0.25, 0.3) is 0 Å². The summed E-state index contributed by atoms with van der Waals surface area (Å²) in [5, 5.41) is 3.37. The van der Waals surface area contributed by atoms with E-state index in [1.54, 1.807) is 7.11 Å². The molecule has 3 fully saturated rings. The summed E-state index contributed by atoms with van der Waals surface area (Å²) in [4.78, 5) is 12.5. The maximum Gasteiger partial charge on any atom is 0.222 e. The van der Waals surface area contributed by atoms with Crippen LogP contribution in [0.15, 0.2) is 24.3 Å². The zero-order chi connectivity index (χ0) is 17.2. The summed E-state index contributed by atoms with van der Waals surface area (Å²) in [6.07, 6.45) is 7.91. The van der Waals surface area contributed by atoms with Gasteiger partial charge in [0.15, 0.2) is 0 Å². The molecule has 1 saturated heterocycles. The minimum atomic E-state index is 0.127. The number of ether oxygens (including phenoxy) is 2. The molecule has 0 radical (unpaired) electrons. The van der Waals surface area contributed by atoms with E-state index in [0.29, 0.717) is 18.3 Å². The lowest BCUT2D eigenvalue weighted by atomic mass is 9.53. The van der Waals surface area contributed by atoms with Crippen LogP contribution in [0.1, 0.15) is 56.4 Å². The van der Waals surface area contributed by atoms with Gasteiger partial charge >= 0.3 is 0 Å². The first-order chi connectivity index (χ1) is 12.3. The lowest BCUT2D eigenvalue weighted by Crippen LogP contribution is -2.59. The number of fused-ring (bicyclic) bond motifs is 1. The van der Waals surface area contributed by atoms with E-state index in [-0.39, 0.29) is 18.1 Å². The molecule has 0 bridgehead atoms. The second-order valence-corrected chi connectivity index (χ2v) is 7.84. The number of benzene rings is 1. The summed E-state index contributed by atoms with van der Waals surface area (Å²) >= 11 is 0. The Labute approximate surface area is 150 Å². The van der Waals surface area contributed by atoms with Crippen LogP contribution < -0.4 is 10.1 Å². The third-order valence-electron chi connectivity index (χ3n) is 6.45. The summed E-state index contributed by atoms with van der Waals surface area (Å²) in [6.45, 7) is 0.806. The molecule has 0 spiro atoms. The van der Waals surface area contributed by atoms with Gasteiger partial charge in [0.05, 0.1) is 19.6 Å². The van der Waals surface area contributed by atoms with Gasteiger partial charge in [0, 0.05) is 18.6 Å². The van der Waals surface area contributed by atoms with Gasteiger partial charge in [-0.15, -0.1) is 0 Å². The van der Waals surface area contributed by atoms with Crippen molar-refractivity contribution in [2.24, 2.45) is 11.8 Å². The zero-order valence-electron chi connectivity index (χ0n) is 15.1. The van der Waals surface area contributed by atoms with Crippen LogP contribution in [0.25, 0.3) is 0 Å². The summed E-state index contributed by atoms with van der Waals surface area (Å²) in [7, 11) is 1.70. The highest BCUT2D eigenvalue weighted by Crippen LogP contribution is 2.54. The van der Waals surface area contributed by atoms with Crippen molar-refractivity contribution in [1.82, 2.24) is 5.32 Å². The van der Waals surface area contributed by atoms with Crippen molar-refractivity contribution in [2.75, 3.05) is 13.7 Å². The first-order valence-electron chi connectivity index (χ1n) is 9.81. The molecule has 25 heavy (non-hydrogen) atoms. The highest BCUT2D eigenvalue weighted by molar-refractivity contribution is 5.77. The Balaban J connectivity index is 1.45. The molecule has 1 amide bonds. The number of carbonyl (C=O) groups excluding carboxylic acids is 1. The fourth-order valence-corrected chi connectivity index (χ4v) is 5.20. The van der Waals surface area contributed by atoms with Crippen molar-refractivity contribution in [3.8, 4) is 5.75 Å². The predicted molar refractivity (Wildman–Crippen MR) is 96.7 cm³/mol. The van der Waals surface area contributed by atoms with E-state index in [9.17, 15) is 4.79 Å². The fourth-order valence-electron chi connectivity index (χ4n) is 5.20. The highest BCUT2D eigenvalue weighted by atomic mass is 16.5. The normalized spacial score (nSPS) is 34.0. The Bertz CT molecular complexity index is 594. The van der Waals surface area contributed by atoms with E-state index < -0.39 is 0 Å². The quantitative estimate of drug-likeness (QED) is 0.888.